The van der Waals surface area contributed by atoms with Crippen molar-refractivity contribution in [2.24, 2.45) is 0 Å². The van der Waals surface area contributed by atoms with E-state index >= 15 is 0 Å². The van der Waals surface area contributed by atoms with Crippen LogP contribution < -0.4 is 0 Å². The third-order valence-electron chi connectivity index (χ3n) is 4.43. The molecular weight excluding hydrogens is 359 g/mol. The standard InChI is InChI=1S/C24H16Cl2/c25-21-16-20(17-10-4-1-5-11-17)22(18-12-6-2-7-13-18)23(24(21)26)19-14-8-3-9-15-19/h1-16H. The molecule has 0 N–H and O–H groups in total. The summed E-state index contributed by atoms with van der Waals surface area (Å²) in [4.78, 5) is 0. The summed E-state index contributed by atoms with van der Waals surface area (Å²) in [5.41, 5.74) is 6.41. The van der Waals surface area contributed by atoms with Crippen molar-refractivity contribution < 1.29 is 0 Å². The van der Waals surface area contributed by atoms with Gasteiger partial charge in [-0.05, 0) is 33.9 Å². The Morgan fingerprint density at radius 1 is 0.462 bits per heavy atom. The van der Waals surface area contributed by atoms with Gasteiger partial charge < -0.3 is 0 Å². The first kappa shape index (κ1) is 16.9. The topological polar surface area (TPSA) is 0 Å². The highest BCUT2D eigenvalue weighted by Gasteiger charge is 2.19. The third kappa shape index (κ3) is 3.14. The van der Waals surface area contributed by atoms with Crippen LogP contribution in [0.25, 0.3) is 33.4 Å². The molecule has 0 aliphatic carbocycles. The highest BCUT2D eigenvalue weighted by Crippen LogP contribution is 2.46. The van der Waals surface area contributed by atoms with Crippen LogP contribution >= 0.6 is 23.2 Å². The number of hydrogen-bond acceptors (Lipinski definition) is 0. The van der Waals surface area contributed by atoms with Crippen molar-refractivity contribution in [1.82, 2.24) is 0 Å². The summed E-state index contributed by atoms with van der Waals surface area (Å²) in [5, 5.41) is 1.14. The maximum atomic E-state index is 6.71. The molecule has 0 spiro atoms. The first-order valence-corrected chi connectivity index (χ1v) is 9.19. The van der Waals surface area contributed by atoms with Gasteiger partial charge >= 0.3 is 0 Å². The van der Waals surface area contributed by atoms with Crippen molar-refractivity contribution in [3.63, 3.8) is 0 Å². The molecule has 0 nitrogen and oxygen atoms in total. The van der Waals surface area contributed by atoms with E-state index in [1.807, 2.05) is 60.7 Å². The molecule has 0 heterocycles. The Morgan fingerprint density at radius 2 is 0.885 bits per heavy atom. The molecular formula is C24H16Cl2. The highest BCUT2D eigenvalue weighted by molar-refractivity contribution is 6.44. The Morgan fingerprint density at radius 3 is 1.38 bits per heavy atom. The van der Waals surface area contributed by atoms with Crippen molar-refractivity contribution in [3.05, 3.63) is 107 Å². The molecule has 4 rings (SSSR count). The Kier molecular flexibility index (Phi) is 4.79. The fourth-order valence-electron chi connectivity index (χ4n) is 3.25. The summed E-state index contributed by atoms with van der Waals surface area (Å²) in [7, 11) is 0. The minimum Gasteiger partial charge on any atom is -0.0827 e. The van der Waals surface area contributed by atoms with Crippen LogP contribution in [-0.2, 0) is 0 Å². The first-order valence-electron chi connectivity index (χ1n) is 8.44. The SMILES string of the molecule is Clc1cc(-c2ccccc2)c(-c2ccccc2)c(-c2ccccc2)c1Cl. The average Bonchev–Trinajstić information content (AvgIpc) is 2.71. The molecule has 0 bridgehead atoms. The quantitative estimate of drug-likeness (QED) is 0.340. The van der Waals surface area contributed by atoms with E-state index in [1.165, 1.54) is 0 Å². The monoisotopic (exact) mass is 374 g/mol. The summed E-state index contributed by atoms with van der Waals surface area (Å²) in [6.07, 6.45) is 0. The smallest absolute Gasteiger partial charge is 0.0677 e. The molecule has 0 saturated heterocycles. The number of rotatable bonds is 3. The van der Waals surface area contributed by atoms with Crippen LogP contribution in [0.1, 0.15) is 0 Å². The van der Waals surface area contributed by atoms with E-state index in [2.05, 4.69) is 36.4 Å². The normalized spacial score (nSPS) is 10.7. The van der Waals surface area contributed by atoms with Gasteiger partial charge in [-0.3, -0.25) is 0 Å². The van der Waals surface area contributed by atoms with E-state index < -0.39 is 0 Å². The van der Waals surface area contributed by atoms with Gasteiger partial charge in [-0.2, -0.15) is 0 Å². The highest BCUT2D eigenvalue weighted by atomic mass is 35.5. The van der Waals surface area contributed by atoms with Crippen LogP contribution in [0.4, 0.5) is 0 Å². The van der Waals surface area contributed by atoms with E-state index in [4.69, 9.17) is 23.2 Å². The summed E-state index contributed by atoms with van der Waals surface area (Å²) in [5.74, 6) is 0. The van der Waals surface area contributed by atoms with Gasteiger partial charge in [0.15, 0.2) is 0 Å². The van der Waals surface area contributed by atoms with Crippen LogP contribution in [0.15, 0.2) is 97.1 Å². The largest absolute Gasteiger partial charge is 0.0827 e. The predicted molar refractivity (Wildman–Crippen MR) is 113 cm³/mol. The van der Waals surface area contributed by atoms with Crippen LogP contribution in [0, 0.1) is 0 Å². The van der Waals surface area contributed by atoms with E-state index in [0.717, 1.165) is 33.4 Å². The Bertz CT molecular complexity index is 1020. The second-order valence-corrected chi connectivity index (χ2v) is 6.85. The molecule has 0 aliphatic rings. The molecule has 0 fully saturated rings. The van der Waals surface area contributed by atoms with E-state index in [9.17, 15) is 0 Å². The van der Waals surface area contributed by atoms with Crippen molar-refractivity contribution in [3.8, 4) is 33.4 Å². The van der Waals surface area contributed by atoms with Gasteiger partial charge in [-0.15, -0.1) is 0 Å². The van der Waals surface area contributed by atoms with Crippen molar-refractivity contribution in [2.75, 3.05) is 0 Å². The Balaban J connectivity index is 2.12. The maximum absolute atomic E-state index is 6.71. The first-order chi connectivity index (χ1) is 12.8. The fraction of sp³-hybridized carbons (Fsp3) is 0. The number of hydrogen-bond donors (Lipinski definition) is 0. The van der Waals surface area contributed by atoms with Crippen LogP contribution in [0.5, 0.6) is 0 Å². The summed E-state index contributed by atoms with van der Waals surface area (Å²) in [6.45, 7) is 0. The van der Waals surface area contributed by atoms with E-state index in [1.54, 1.807) is 0 Å². The van der Waals surface area contributed by atoms with E-state index in [-0.39, 0.29) is 0 Å². The second kappa shape index (κ2) is 7.37. The molecule has 0 aliphatic heterocycles. The lowest BCUT2D eigenvalue weighted by molar-refractivity contribution is 1.56. The maximum Gasteiger partial charge on any atom is 0.0677 e. The van der Waals surface area contributed by atoms with Crippen molar-refractivity contribution in [2.45, 2.75) is 0 Å². The van der Waals surface area contributed by atoms with Gasteiger partial charge in [-0.1, -0.05) is 114 Å². The van der Waals surface area contributed by atoms with Crippen molar-refractivity contribution in [1.29, 1.82) is 0 Å². The lowest BCUT2D eigenvalue weighted by Crippen LogP contribution is -1.93. The molecule has 4 aromatic carbocycles. The second-order valence-electron chi connectivity index (χ2n) is 6.07. The lowest BCUT2D eigenvalue weighted by Gasteiger charge is -2.19. The molecule has 126 valence electrons. The van der Waals surface area contributed by atoms with Crippen LogP contribution in [-0.4, -0.2) is 0 Å². The van der Waals surface area contributed by atoms with Gasteiger partial charge in [0, 0.05) is 5.56 Å². The van der Waals surface area contributed by atoms with Gasteiger partial charge in [0.2, 0.25) is 0 Å². The van der Waals surface area contributed by atoms with Gasteiger partial charge in [-0.25, -0.2) is 0 Å². The Hall–Kier alpha value is -2.54. The molecule has 0 amide bonds. The third-order valence-corrected chi connectivity index (χ3v) is 5.22. The molecule has 0 saturated carbocycles. The van der Waals surface area contributed by atoms with Crippen molar-refractivity contribution >= 4 is 23.2 Å². The summed E-state index contributed by atoms with van der Waals surface area (Å²) < 4.78 is 0. The molecule has 0 radical (unpaired) electrons. The average molecular weight is 375 g/mol. The van der Waals surface area contributed by atoms with Gasteiger partial charge in [0.25, 0.3) is 0 Å². The Labute approximate surface area is 163 Å². The zero-order valence-electron chi connectivity index (χ0n) is 14.0. The summed E-state index contributed by atoms with van der Waals surface area (Å²) in [6, 6.07) is 32.7. The molecule has 26 heavy (non-hydrogen) atoms. The minimum absolute atomic E-state index is 0.559. The van der Waals surface area contributed by atoms with Crippen LogP contribution in [0.2, 0.25) is 10.0 Å². The van der Waals surface area contributed by atoms with Gasteiger partial charge in [0.1, 0.15) is 0 Å². The number of halogens is 2. The minimum atomic E-state index is 0.559. The van der Waals surface area contributed by atoms with Crippen LogP contribution in [0.3, 0.4) is 0 Å². The molecule has 0 atom stereocenters. The molecule has 0 aromatic heterocycles. The van der Waals surface area contributed by atoms with Gasteiger partial charge in [0.05, 0.1) is 10.0 Å². The molecule has 2 heteroatoms. The summed E-state index contributed by atoms with van der Waals surface area (Å²) >= 11 is 13.3. The fourth-order valence-corrected chi connectivity index (χ4v) is 3.71. The number of benzene rings is 4. The molecule has 0 unspecified atom stereocenters. The molecule has 4 aromatic rings. The lowest BCUT2D eigenvalue weighted by atomic mass is 9.87. The van der Waals surface area contributed by atoms with E-state index in [0.29, 0.717) is 10.0 Å². The zero-order chi connectivity index (χ0) is 17.9. The predicted octanol–water partition coefficient (Wildman–Crippen LogP) is 7.99. The zero-order valence-corrected chi connectivity index (χ0v) is 15.5.